The summed E-state index contributed by atoms with van der Waals surface area (Å²) in [4.78, 5) is 11.0. The summed E-state index contributed by atoms with van der Waals surface area (Å²) in [5.74, 6) is 3.54. The van der Waals surface area contributed by atoms with E-state index in [1.54, 1.807) is 0 Å². The minimum atomic E-state index is -0.136. The van der Waals surface area contributed by atoms with Crippen molar-refractivity contribution in [1.82, 2.24) is 0 Å². The highest BCUT2D eigenvalue weighted by Gasteiger charge is 2.30. The first-order chi connectivity index (χ1) is 9.19. The van der Waals surface area contributed by atoms with E-state index in [0.717, 1.165) is 17.8 Å². The van der Waals surface area contributed by atoms with E-state index >= 15 is 0 Å². The highest BCUT2D eigenvalue weighted by molar-refractivity contribution is 6.63. The molecule has 0 amide bonds. The summed E-state index contributed by atoms with van der Waals surface area (Å²) in [6.45, 7) is 2.31. The third-order valence-corrected chi connectivity index (χ3v) is 5.75. The summed E-state index contributed by atoms with van der Waals surface area (Å²) < 4.78 is 0. The second-order valence-corrected chi connectivity index (χ2v) is 7.33. The summed E-state index contributed by atoms with van der Waals surface area (Å²) in [5.41, 5.74) is 0. The van der Waals surface area contributed by atoms with Gasteiger partial charge in [-0.2, -0.15) is 0 Å². The lowest BCUT2D eigenvalue weighted by Crippen LogP contribution is -2.26. The van der Waals surface area contributed by atoms with E-state index in [2.05, 4.69) is 6.92 Å². The van der Waals surface area contributed by atoms with Crippen LogP contribution < -0.4 is 0 Å². The van der Waals surface area contributed by atoms with Crippen LogP contribution in [0.4, 0.5) is 0 Å². The summed E-state index contributed by atoms with van der Waals surface area (Å²) in [5, 5.41) is -0.136. The Balaban J connectivity index is 1.69. The second-order valence-electron chi connectivity index (χ2n) is 6.91. The molecule has 0 bridgehead atoms. The van der Waals surface area contributed by atoms with E-state index in [4.69, 9.17) is 11.6 Å². The maximum absolute atomic E-state index is 11.0. The zero-order valence-corrected chi connectivity index (χ0v) is 13.1. The molecule has 0 atom stereocenters. The molecule has 0 N–H and O–H groups in total. The van der Waals surface area contributed by atoms with E-state index in [1.165, 1.54) is 64.2 Å². The van der Waals surface area contributed by atoms with E-state index in [1.807, 2.05) is 0 Å². The van der Waals surface area contributed by atoms with Gasteiger partial charge in [-0.05, 0) is 73.8 Å². The third-order valence-electron chi connectivity index (χ3n) is 5.60. The molecule has 0 unspecified atom stereocenters. The summed E-state index contributed by atoms with van der Waals surface area (Å²) in [6.07, 6.45) is 14.4. The largest absolute Gasteiger partial charge is 0.281 e. The second kappa shape index (κ2) is 7.67. The SMILES string of the molecule is CCC[C@H]1CC[C@H](C2CCC(CC(=O)Cl)CC2)CC1. The highest BCUT2D eigenvalue weighted by Crippen LogP contribution is 2.42. The van der Waals surface area contributed by atoms with Crippen LogP contribution in [0.3, 0.4) is 0 Å². The molecule has 0 aromatic rings. The van der Waals surface area contributed by atoms with E-state index in [9.17, 15) is 4.79 Å². The fourth-order valence-corrected chi connectivity index (χ4v) is 4.67. The van der Waals surface area contributed by atoms with Crippen LogP contribution >= 0.6 is 11.6 Å². The molecule has 1 nitrogen and oxygen atoms in total. The molecule has 0 saturated heterocycles. The fourth-order valence-electron chi connectivity index (χ4n) is 4.45. The quantitative estimate of drug-likeness (QED) is 0.605. The Labute approximate surface area is 123 Å². The monoisotopic (exact) mass is 284 g/mol. The number of carbonyl (C=O) groups excluding carboxylic acids is 1. The first-order valence-electron chi connectivity index (χ1n) is 8.37. The smallest absolute Gasteiger partial charge is 0.221 e. The average molecular weight is 285 g/mol. The Bertz CT molecular complexity index is 273. The fraction of sp³-hybridized carbons (Fsp3) is 0.941. The van der Waals surface area contributed by atoms with Crippen molar-refractivity contribution in [3.8, 4) is 0 Å². The molecule has 2 heteroatoms. The van der Waals surface area contributed by atoms with Gasteiger partial charge in [-0.3, -0.25) is 4.79 Å². The van der Waals surface area contributed by atoms with Gasteiger partial charge in [0, 0.05) is 6.42 Å². The number of carbonyl (C=O) groups is 1. The standard InChI is InChI=1S/C17H29ClO/c1-2-3-13-4-8-15(9-5-13)16-10-6-14(7-11-16)12-17(18)19/h13-16H,2-12H2,1H3/t13-,14?,15-,16?. The molecule has 0 aromatic carbocycles. The maximum atomic E-state index is 11.0. The zero-order chi connectivity index (χ0) is 13.7. The minimum absolute atomic E-state index is 0.136. The van der Waals surface area contributed by atoms with Crippen molar-refractivity contribution in [2.24, 2.45) is 23.7 Å². The Morgan fingerprint density at radius 1 is 0.895 bits per heavy atom. The van der Waals surface area contributed by atoms with Crippen LogP contribution in [0.2, 0.25) is 0 Å². The van der Waals surface area contributed by atoms with Gasteiger partial charge >= 0.3 is 0 Å². The molecular formula is C17H29ClO. The maximum Gasteiger partial charge on any atom is 0.221 e. The first kappa shape index (κ1) is 15.4. The van der Waals surface area contributed by atoms with Crippen molar-refractivity contribution >= 4 is 16.8 Å². The molecule has 110 valence electrons. The highest BCUT2D eigenvalue weighted by atomic mass is 35.5. The van der Waals surface area contributed by atoms with Gasteiger partial charge in [-0.15, -0.1) is 0 Å². The lowest BCUT2D eigenvalue weighted by molar-refractivity contribution is -0.112. The molecule has 2 aliphatic rings. The number of rotatable bonds is 5. The van der Waals surface area contributed by atoms with Crippen LogP contribution in [0.25, 0.3) is 0 Å². The molecule has 2 saturated carbocycles. The molecule has 2 fully saturated rings. The van der Waals surface area contributed by atoms with Gasteiger partial charge < -0.3 is 0 Å². The lowest BCUT2D eigenvalue weighted by atomic mass is 9.68. The van der Waals surface area contributed by atoms with Crippen LogP contribution in [0, 0.1) is 23.7 Å². The Hall–Kier alpha value is -0.0400. The number of hydrogen-bond acceptors (Lipinski definition) is 1. The molecule has 2 aliphatic carbocycles. The molecule has 0 aromatic heterocycles. The average Bonchev–Trinajstić information content (AvgIpc) is 2.40. The van der Waals surface area contributed by atoms with Gasteiger partial charge in [-0.25, -0.2) is 0 Å². The van der Waals surface area contributed by atoms with Crippen LogP contribution in [0.15, 0.2) is 0 Å². The van der Waals surface area contributed by atoms with Crippen LogP contribution in [-0.2, 0) is 4.79 Å². The summed E-state index contributed by atoms with van der Waals surface area (Å²) >= 11 is 5.50. The summed E-state index contributed by atoms with van der Waals surface area (Å²) in [7, 11) is 0. The number of halogens is 1. The lowest BCUT2D eigenvalue weighted by Gasteiger charge is -2.37. The normalized spacial score (nSPS) is 36.1. The Morgan fingerprint density at radius 3 is 1.79 bits per heavy atom. The van der Waals surface area contributed by atoms with Crippen molar-refractivity contribution < 1.29 is 4.79 Å². The third kappa shape index (κ3) is 4.77. The van der Waals surface area contributed by atoms with Gasteiger partial charge in [-0.1, -0.05) is 32.6 Å². The van der Waals surface area contributed by atoms with Crippen LogP contribution in [0.1, 0.15) is 77.6 Å². The summed E-state index contributed by atoms with van der Waals surface area (Å²) in [6, 6.07) is 0. The zero-order valence-electron chi connectivity index (χ0n) is 12.4. The molecule has 0 aliphatic heterocycles. The minimum Gasteiger partial charge on any atom is -0.281 e. The molecule has 0 radical (unpaired) electrons. The van der Waals surface area contributed by atoms with Crippen LogP contribution in [-0.4, -0.2) is 5.24 Å². The first-order valence-corrected chi connectivity index (χ1v) is 8.75. The van der Waals surface area contributed by atoms with Gasteiger partial charge in [0.1, 0.15) is 0 Å². The Kier molecular flexibility index (Phi) is 6.19. The van der Waals surface area contributed by atoms with E-state index in [-0.39, 0.29) is 5.24 Å². The van der Waals surface area contributed by atoms with Gasteiger partial charge in [0.05, 0.1) is 0 Å². The van der Waals surface area contributed by atoms with E-state index < -0.39 is 0 Å². The molecule has 0 spiro atoms. The molecule has 0 heterocycles. The van der Waals surface area contributed by atoms with E-state index in [0.29, 0.717) is 12.3 Å². The van der Waals surface area contributed by atoms with Crippen molar-refractivity contribution in [1.29, 1.82) is 0 Å². The molecular weight excluding hydrogens is 256 g/mol. The topological polar surface area (TPSA) is 17.1 Å². The predicted octanol–water partition coefficient (Wildman–Crippen LogP) is 5.55. The molecule has 2 rings (SSSR count). The Morgan fingerprint density at radius 2 is 1.37 bits per heavy atom. The number of hydrogen-bond donors (Lipinski definition) is 0. The van der Waals surface area contributed by atoms with Gasteiger partial charge in [0.2, 0.25) is 5.24 Å². The van der Waals surface area contributed by atoms with Crippen molar-refractivity contribution in [2.45, 2.75) is 77.6 Å². The molecule has 19 heavy (non-hydrogen) atoms. The van der Waals surface area contributed by atoms with Gasteiger partial charge in [0.25, 0.3) is 0 Å². The van der Waals surface area contributed by atoms with Crippen molar-refractivity contribution in [2.75, 3.05) is 0 Å². The van der Waals surface area contributed by atoms with Gasteiger partial charge in [0.15, 0.2) is 0 Å². The predicted molar refractivity (Wildman–Crippen MR) is 81.3 cm³/mol. The van der Waals surface area contributed by atoms with Crippen molar-refractivity contribution in [3.63, 3.8) is 0 Å². The van der Waals surface area contributed by atoms with Crippen molar-refractivity contribution in [3.05, 3.63) is 0 Å². The van der Waals surface area contributed by atoms with Crippen LogP contribution in [0.5, 0.6) is 0 Å².